The molecule has 11 heteroatoms. The van der Waals surface area contributed by atoms with Crippen molar-refractivity contribution < 1.29 is 0 Å². The number of pyridine rings is 2. The van der Waals surface area contributed by atoms with E-state index in [-0.39, 0.29) is 5.56 Å². The normalized spacial score (nSPS) is 19.5. The number of thioether (sulfide) groups is 1. The summed E-state index contributed by atoms with van der Waals surface area (Å²) in [6.45, 7) is 0.313. The fraction of sp³-hybridized carbons (Fsp3) is 0.318. The Morgan fingerprint density at radius 1 is 1.03 bits per heavy atom. The van der Waals surface area contributed by atoms with Crippen LogP contribution >= 0.6 is 11.8 Å². The van der Waals surface area contributed by atoms with E-state index in [0.29, 0.717) is 41.8 Å². The Labute approximate surface area is 194 Å². The van der Waals surface area contributed by atoms with Crippen molar-refractivity contribution in [3.8, 4) is 5.69 Å². The fourth-order valence-corrected chi connectivity index (χ4v) is 4.27. The molecule has 0 saturated heterocycles. The molecule has 0 bridgehead atoms. The summed E-state index contributed by atoms with van der Waals surface area (Å²) < 4.78 is 1.55. The monoisotopic (exact) mass is 461 g/mol. The highest BCUT2D eigenvalue weighted by Crippen LogP contribution is 2.25. The predicted molar refractivity (Wildman–Crippen MR) is 129 cm³/mol. The number of nitrogens with one attached hydrogen (secondary N) is 2. The summed E-state index contributed by atoms with van der Waals surface area (Å²) in [5.74, 6) is 1.95. The van der Waals surface area contributed by atoms with Gasteiger partial charge in [-0.3, -0.25) is 9.36 Å². The number of aromatic nitrogens is 4. The number of hydrogen-bond donors (Lipinski definition) is 2. The van der Waals surface area contributed by atoms with E-state index in [4.69, 9.17) is 0 Å². The van der Waals surface area contributed by atoms with Gasteiger partial charge in [0.05, 0.1) is 11.9 Å². The predicted octanol–water partition coefficient (Wildman–Crippen LogP) is 3.36. The molecule has 2 atom stereocenters. The Balaban J connectivity index is 1.19. The van der Waals surface area contributed by atoms with Crippen LogP contribution in [-0.4, -0.2) is 50.4 Å². The zero-order valence-corrected chi connectivity index (χ0v) is 18.9. The summed E-state index contributed by atoms with van der Waals surface area (Å²) in [7, 11) is 0. The lowest BCUT2D eigenvalue weighted by Gasteiger charge is -2.15. The van der Waals surface area contributed by atoms with Crippen LogP contribution in [0.1, 0.15) is 24.8 Å². The summed E-state index contributed by atoms with van der Waals surface area (Å²) in [6.07, 6.45) is 12.1. The van der Waals surface area contributed by atoms with Gasteiger partial charge in [-0.1, -0.05) is 0 Å². The Morgan fingerprint density at radius 2 is 1.85 bits per heavy atom. The van der Waals surface area contributed by atoms with Crippen LogP contribution in [0.3, 0.4) is 0 Å². The number of nitrogens with zero attached hydrogens (tertiary/aromatic N) is 7. The molecule has 10 nitrogen and oxygen atoms in total. The van der Waals surface area contributed by atoms with Gasteiger partial charge in [0.2, 0.25) is 5.95 Å². The molecule has 3 aromatic rings. The van der Waals surface area contributed by atoms with Gasteiger partial charge in [-0.2, -0.15) is 5.11 Å². The molecule has 5 rings (SSSR count). The van der Waals surface area contributed by atoms with Crippen LogP contribution in [0.15, 0.2) is 74.0 Å². The van der Waals surface area contributed by atoms with Crippen molar-refractivity contribution in [3.63, 3.8) is 0 Å². The third-order valence-electron chi connectivity index (χ3n) is 5.63. The molecule has 4 heterocycles. The molecule has 3 aromatic heterocycles. The number of azo groups is 1. The average Bonchev–Trinajstić information content (AvgIpc) is 3.53. The first-order chi connectivity index (χ1) is 16.2. The van der Waals surface area contributed by atoms with Crippen molar-refractivity contribution in [3.05, 3.63) is 65.0 Å². The summed E-state index contributed by atoms with van der Waals surface area (Å²) in [5, 5.41) is 14.7. The van der Waals surface area contributed by atoms with E-state index < -0.39 is 0 Å². The van der Waals surface area contributed by atoms with Crippen LogP contribution in [0.4, 0.5) is 11.8 Å². The molecule has 1 aliphatic carbocycles. The van der Waals surface area contributed by atoms with Crippen LogP contribution in [0.5, 0.6) is 0 Å². The van der Waals surface area contributed by atoms with Crippen molar-refractivity contribution >= 4 is 29.4 Å². The van der Waals surface area contributed by atoms with E-state index in [1.165, 1.54) is 6.07 Å². The number of hydrogen-bond acceptors (Lipinski definition) is 10. The van der Waals surface area contributed by atoms with Crippen LogP contribution in [0.2, 0.25) is 0 Å². The summed E-state index contributed by atoms with van der Waals surface area (Å²) in [5.41, 5.74) is 1.19. The Bertz CT molecular complexity index is 1240. The highest BCUT2D eigenvalue weighted by Gasteiger charge is 2.25. The van der Waals surface area contributed by atoms with E-state index in [2.05, 4.69) is 40.8 Å². The largest absolute Gasteiger partial charge is 0.367 e. The minimum atomic E-state index is -0.169. The van der Waals surface area contributed by atoms with E-state index in [9.17, 15) is 4.79 Å². The molecule has 0 amide bonds. The number of amidine groups is 1. The van der Waals surface area contributed by atoms with Crippen molar-refractivity contribution in [2.45, 2.75) is 36.2 Å². The molecule has 2 N–H and O–H groups in total. The molecule has 0 aromatic carbocycles. The van der Waals surface area contributed by atoms with Gasteiger partial charge in [-0.25, -0.2) is 19.9 Å². The second-order valence-electron chi connectivity index (χ2n) is 7.83. The van der Waals surface area contributed by atoms with E-state index in [1.54, 1.807) is 34.8 Å². The maximum absolute atomic E-state index is 12.6. The summed E-state index contributed by atoms with van der Waals surface area (Å²) >= 11 is 1.63. The van der Waals surface area contributed by atoms with Gasteiger partial charge in [0.25, 0.3) is 5.56 Å². The van der Waals surface area contributed by atoms with Crippen molar-refractivity contribution in [1.82, 2.24) is 19.5 Å². The van der Waals surface area contributed by atoms with Gasteiger partial charge >= 0.3 is 0 Å². The van der Waals surface area contributed by atoms with E-state index >= 15 is 0 Å². The number of rotatable bonds is 7. The summed E-state index contributed by atoms with van der Waals surface area (Å²) in [4.78, 5) is 31.0. The molecule has 1 aliphatic heterocycles. The van der Waals surface area contributed by atoms with Crippen molar-refractivity contribution in [2.75, 3.05) is 23.6 Å². The molecule has 0 spiro atoms. The minimum Gasteiger partial charge on any atom is -0.367 e. The Hall–Kier alpha value is -3.60. The van der Waals surface area contributed by atoms with E-state index in [0.717, 1.165) is 30.0 Å². The molecule has 0 radical (unpaired) electrons. The third kappa shape index (κ3) is 4.92. The molecule has 0 unspecified atom stereocenters. The first-order valence-electron chi connectivity index (χ1n) is 10.7. The van der Waals surface area contributed by atoms with E-state index in [1.807, 2.05) is 30.8 Å². The molecular weight excluding hydrogens is 438 g/mol. The van der Waals surface area contributed by atoms with Crippen molar-refractivity contribution in [2.24, 2.45) is 15.2 Å². The fourth-order valence-electron chi connectivity index (χ4n) is 3.95. The maximum Gasteiger partial charge on any atom is 0.255 e. The van der Waals surface area contributed by atoms with Gasteiger partial charge in [0.15, 0.2) is 12.5 Å². The third-order valence-corrected chi connectivity index (χ3v) is 6.32. The minimum absolute atomic E-state index is 0.169. The second-order valence-corrected chi connectivity index (χ2v) is 8.71. The first-order valence-corrected chi connectivity index (χ1v) is 11.9. The van der Waals surface area contributed by atoms with Gasteiger partial charge in [0, 0.05) is 47.2 Å². The maximum atomic E-state index is 12.6. The van der Waals surface area contributed by atoms with Gasteiger partial charge in [-0.05, 0) is 43.7 Å². The SMILES string of the molecule is CSc1cnc(N[C@H]2CC[C@H](Nc3ccc(-n4ccc(C5=NCN=N5)cc4=O)cn3)C2)nc1. The van der Waals surface area contributed by atoms with Crippen LogP contribution in [-0.2, 0) is 0 Å². The van der Waals surface area contributed by atoms with Gasteiger partial charge in [0.1, 0.15) is 5.82 Å². The molecule has 2 aliphatic rings. The molecule has 33 heavy (non-hydrogen) atoms. The standard InChI is InChI=1S/C22H23N9OS/c1-33-18-11-24-22(25-12-18)29-16-3-2-15(9-16)28-19-5-4-17(10-23-19)31-7-6-14(8-20(31)32)21-26-13-27-30-21/h4-8,10-12,15-16H,2-3,9,13H2,1H3,(H,23,28)(H,24,25,29)/t15-,16-/m0/s1. The molecule has 168 valence electrons. The number of anilines is 2. The smallest absolute Gasteiger partial charge is 0.255 e. The lowest BCUT2D eigenvalue weighted by Crippen LogP contribution is -2.22. The molecular formula is C22H23N9OS. The van der Waals surface area contributed by atoms with Crippen LogP contribution < -0.4 is 16.2 Å². The van der Waals surface area contributed by atoms with Gasteiger partial charge < -0.3 is 10.6 Å². The zero-order valence-electron chi connectivity index (χ0n) is 18.0. The zero-order chi connectivity index (χ0) is 22.6. The molecule has 1 fully saturated rings. The lowest BCUT2D eigenvalue weighted by atomic mass is 10.2. The highest BCUT2D eigenvalue weighted by molar-refractivity contribution is 7.98. The quantitative estimate of drug-likeness (QED) is 0.517. The number of aliphatic imine (C=N–C) groups is 1. The highest BCUT2D eigenvalue weighted by atomic mass is 32.2. The Kier molecular flexibility index (Phi) is 6.11. The first kappa shape index (κ1) is 21.3. The molecule has 1 saturated carbocycles. The Morgan fingerprint density at radius 3 is 2.52 bits per heavy atom. The van der Waals surface area contributed by atoms with Crippen LogP contribution in [0, 0.1) is 0 Å². The second kappa shape index (κ2) is 9.49. The van der Waals surface area contributed by atoms with Crippen molar-refractivity contribution in [1.29, 1.82) is 0 Å². The summed E-state index contributed by atoms with van der Waals surface area (Å²) in [6, 6.07) is 7.74. The average molecular weight is 462 g/mol. The lowest BCUT2D eigenvalue weighted by molar-refractivity contribution is 0.716. The van der Waals surface area contributed by atoms with Crippen LogP contribution in [0.25, 0.3) is 5.69 Å². The van der Waals surface area contributed by atoms with Gasteiger partial charge in [-0.15, -0.1) is 16.9 Å². The topological polar surface area (TPSA) is 122 Å².